The van der Waals surface area contributed by atoms with Gasteiger partial charge in [-0.1, -0.05) is 0 Å². The van der Waals surface area contributed by atoms with Crippen molar-refractivity contribution in [2.45, 2.75) is 52.2 Å². The molecule has 0 bridgehead atoms. The minimum atomic E-state index is 0.257. The van der Waals surface area contributed by atoms with E-state index in [1.165, 1.54) is 0 Å². The maximum atomic E-state index is 5.95. The van der Waals surface area contributed by atoms with Crippen LogP contribution in [-0.4, -0.2) is 39.6 Å². The van der Waals surface area contributed by atoms with E-state index >= 15 is 0 Å². The second-order valence-corrected chi connectivity index (χ2v) is 5.92. The monoisotopic (exact) mass is 249 g/mol. The SMILES string of the molecule is Cc1nccnc1OC1CCN(C(C)(C)C)CC1. The molecule has 0 spiro atoms. The Bertz CT molecular complexity index is 392. The zero-order valence-electron chi connectivity index (χ0n) is 11.8. The number of ether oxygens (including phenoxy) is 1. The molecule has 2 rings (SSSR count). The van der Waals surface area contributed by atoms with Crippen LogP contribution in [0, 0.1) is 6.92 Å². The third kappa shape index (κ3) is 3.19. The topological polar surface area (TPSA) is 38.3 Å². The first-order chi connectivity index (χ1) is 8.47. The fraction of sp³-hybridized carbons (Fsp3) is 0.714. The highest BCUT2D eigenvalue weighted by Crippen LogP contribution is 2.23. The molecule has 100 valence electrons. The van der Waals surface area contributed by atoms with Crippen LogP contribution in [0.3, 0.4) is 0 Å². The number of rotatable bonds is 2. The first kappa shape index (κ1) is 13.3. The van der Waals surface area contributed by atoms with Crippen molar-refractivity contribution >= 4 is 0 Å². The van der Waals surface area contributed by atoms with Gasteiger partial charge in [-0.2, -0.15) is 0 Å². The molecule has 1 fully saturated rings. The number of hydrogen-bond donors (Lipinski definition) is 0. The predicted octanol–water partition coefficient (Wildman–Crippen LogP) is 2.43. The van der Waals surface area contributed by atoms with E-state index in [0.29, 0.717) is 5.88 Å². The van der Waals surface area contributed by atoms with E-state index in [1.54, 1.807) is 12.4 Å². The van der Waals surface area contributed by atoms with Crippen molar-refractivity contribution < 1.29 is 4.74 Å². The van der Waals surface area contributed by atoms with E-state index in [-0.39, 0.29) is 11.6 Å². The van der Waals surface area contributed by atoms with Crippen molar-refractivity contribution in [1.29, 1.82) is 0 Å². The molecular formula is C14H23N3O. The standard InChI is InChI=1S/C14H23N3O/c1-11-13(16-8-7-15-11)18-12-5-9-17(10-6-12)14(2,3)4/h7-8,12H,5-6,9-10H2,1-4H3. The summed E-state index contributed by atoms with van der Waals surface area (Å²) in [7, 11) is 0. The third-order valence-corrected chi connectivity index (χ3v) is 3.51. The van der Waals surface area contributed by atoms with Crippen molar-refractivity contribution in [3.05, 3.63) is 18.1 Å². The number of aryl methyl sites for hydroxylation is 1. The zero-order chi connectivity index (χ0) is 13.2. The molecule has 0 N–H and O–H groups in total. The van der Waals surface area contributed by atoms with Gasteiger partial charge in [0.2, 0.25) is 5.88 Å². The Hall–Kier alpha value is -1.16. The molecule has 4 nitrogen and oxygen atoms in total. The molecule has 2 heterocycles. The Kier molecular flexibility index (Phi) is 3.85. The van der Waals surface area contributed by atoms with Crippen molar-refractivity contribution in [3.63, 3.8) is 0 Å². The smallest absolute Gasteiger partial charge is 0.235 e. The van der Waals surface area contributed by atoms with E-state index in [2.05, 4.69) is 35.6 Å². The summed E-state index contributed by atoms with van der Waals surface area (Å²) in [5.41, 5.74) is 1.13. The van der Waals surface area contributed by atoms with Crippen molar-refractivity contribution in [3.8, 4) is 5.88 Å². The summed E-state index contributed by atoms with van der Waals surface area (Å²) in [6, 6.07) is 0. The molecule has 0 radical (unpaired) electrons. The molecule has 0 aromatic carbocycles. The van der Waals surface area contributed by atoms with E-state index in [1.807, 2.05) is 6.92 Å². The Labute approximate surface area is 109 Å². The average Bonchev–Trinajstić information content (AvgIpc) is 2.32. The molecule has 0 amide bonds. The Morgan fingerprint density at radius 3 is 2.33 bits per heavy atom. The van der Waals surface area contributed by atoms with Gasteiger partial charge in [0.25, 0.3) is 0 Å². The molecule has 0 aliphatic carbocycles. The maximum Gasteiger partial charge on any atom is 0.235 e. The van der Waals surface area contributed by atoms with Gasteiger partial charge in [-0.25, -0.2) is 4.98 Å². The molecule has 1 saturated heterocycles. The van der Waals surface area contributed by atoms with Crippen LogP contribution in [0.15, 0.2) is 12.4 Å². The summed E-state index contributed by atoms with van der Waals surface area (Å²) in [5.74, 6) is 0.687. The minimum absolute atomic E-state index is 0.257. The van der Waals surface area contributed by atoms with Crippen LogP contribution >= 0.6 is 0 Å². The third-order valence-electron chi connectivity index (χ3n) is 3.51. The first-order valence-electron chi connectivity index (χ1n) is 6.66. The van der Waals surface area contributed by atoms with E-state index in [4.69, 9.17) is 4.74 Å². The summed E-state index contributed by atoms with van der Waals surface area (Å²) in [5, 5.41) is 0. The normalized spacial score (nSPS) is 18.9. The van der Waals surface area contributed by atoms with Crippen LogP contribution in [0.5, 0.6) is 5.88 Å². The van der Waals surface area contributed by atoms with Crippen LogP contribution in [0.2, 0.25) is 0 Å². The Morgan fingerprint density at radius 2 is 1.78 bits per heavy atom. The molecule has 4 heteroatoms. The van der Waals surface area contributed by atoms with Gasteiger partial charge >= 0.3 is 0 Å². The van der Waals surface area contributed by atoms with Gasteiger partial charge in [-0.05, 0) is 40.5 Å². The van der Waals surface area contributed by atoms with Crippen LogP contribution in [-0.2, 0) is 0 Å². The summed E-state index contributed by atoms with van der Waals surface area (Å²) in [6.45, 7) is 10.9. The fourth-order valence-corrected chi connectivity index (χ4v) is 2.31. The highest BCUT2D eigenvalue weighted by Gasteiger charge is 2.28. The highest BCUT2D eigenvalue weighted by molar-refractivity contribution is 5.15. The Balaban J connectivity index is 1.90. The highest BCUT2D eigenvalue weighted by atomic mass is 16.5. The van der Waals surface area contributed by atoms with Gasteiger partial charge in [-0.15, -0.1) is 0 Å². The number of aromatic nitrogens is 2. The summed E-state index contributed by atoms with van der Waals surface area (Å²) in [6.07, 6.45) is 5.79. The Morgan fingerprint density at radius 1 is 1.17 bits per heavy atom. The van der Waals surface area contributed by atoms with Crippen LogP contribution in [0.4, 0.5) is 0 Å². The molecule has 0 atom stereocenters. The lowest BCUT2D eigenvalue weighted by molar-refractivity contribution is 0.0467. The van der Waals surface area contributed by atoms with E-state index in [0.717, 1.165) is 31.6 Å². The number of likely N-dealkylation sites (tertiary alicyclic amines) is 1. The second-order valence-electron chi connectivity index (χ2n) is 5.92. The lowest BCUT2D eigenvalue weighted by atomic mass is 9.99. The van der Waals surface area contributed by atoms with Crippen molar-refractivity contribution in [2.75, 3.05) is 13.1 Å². The molecular weight excluding hydrogens is 226 g/mol. The molecule has 1 aromatic rings. The summed E-state index contributed by atoms with van der Waals surface area (Å²) in [4.78, 5) is 11.0. The van der Waals surface area contributed by atoms with Crippen LogP contribution in [0.1, 0.15) is 39.3 Å². The van der Waals surface area contributed by atoms with Gasteiger partial charge in [0, 0.05) is 31.0 Å². The van der Waals surface area contributed by atoms with E-state index < -0.39 is 0 Å². The number of piperidine rings is 1. The van der Waals surface area contributed by atoms with Gasteiger partial charge in [0.15, 0.2) is 0 Å². The van der Waals surface area contributed by atoms with Gasteiger partial charge in [0.1, 0.15) is 6.10 Å². The van der Waals surface area contributed by atoms with Crippen LogP contribution < -0.4 is 4.74 Å². The maximum absolute atomic E-state index is 5.95. The number of hydrogen-bond acceptors (Lipinski definition) is 4. The predicted molar refractivity (Wildman–Crippen MR) is 71.7 cm³/mol. The largest absolute Gasteiger partial charge is 0.473 e. The molecule has 1 aliphatic heterocycles. The fourth-order valence-electron chi connectivity index (χ4n) is 2.31. The number of nitrogens with zero attached hydrogens (tertiary/aromatic N) is 3. The lowest BCUT2D eigenvalue weighted by Gasteiger charge is -2.40. The second kappa shape index (κ2) is 5.22. The molecule has 1 aliphatic rings. The molecule has 18 heavy (non-hydrogen) atoms. The van der Waals surface area contributed by atoms with E-state index in [9.17, 15) is 0 Å². The van der Waals surface area contributed by atoms with Crippen LogP contribution in [0.25, 0.3) is 0 Å². The lowest BCUT2D eigenvalue weighted by Crippen LogP contribution is -2.48. The van der Waals surface area contributed by atoms with Gasteiger partial charge in [0.05, 0.1) is 5.69 Å². The molecule has 1 aromatic heterocycles. The zero-order valence-corrected chi connectivity index (χ0v) is 11.8. The van der Waals surface area contributed by atoms with Gasteiger partial charge < -0.3 is 4.74 Å². The summed E-state index contributed by atoms with van der Waals surface area (Å²) < 4.78 is 5.95. The van der Waals surface area contributed by atoms with Gasteiger partial charge in [-0.3, -0.25) is 9.88 Å². The van der Waals surface area contributed by atoms with Crippen molar-refractivity contribution in [1.82, 2.24) is 14.9 Å². The molecule has 0 saturated carbocycles. The minimum Gasteiger partial charge on any atom is -0.473 e. The average molecular weight is 249 g/mol. The van der Waals surface area contributed by atoms with Crippen molar-refractivity contribution in [2.24, 2.45) is 0 Å². The summed E-state index contributed by atoms with van der Waals surface area (Å²) >= 11 is 0. The first-order valence-corrected chi connectivity index (χ1v) is 6.66. The molecule has 0 unspecified atom stereocenters. The quantitative estimate of drug-likeness (QED) is 0.807.